The molecule has 1 aromatic carbocycles. The molecule has 0 radical (unpaired) electrons. The van der Waals surface area contributed by atoms with E-state index in [1.54, 1.807) is 7.11 Å². The van der Waals surface area contributed by atoms with Crippen LogP contribution in [-0.4, -0.2) is 26.2 Å². The molecule has 1 aromatic rings. The number of methoxy groups -OCH3 is 1. The van der Waals surface area contributed by atoms with Crippen molar-refractivity contribution in [3.8, 4) is 0 Å². The fourth-order valence-electron chi connectivity index (χ4n) is 1.20. The maximum Gasteiger partial charge on any atom is 0.241 e. The average Bonchev–Trinajstić information content (AvgIpc) is 2.29. The normalized spacial score (nSPS) is 11.4. The van der Waals surface area contributed by atoms with E-state index in [9.17, 15) is 4.79 Å². The van der Waals surface area contributed by atoms with E-state index in [1.807, 2.05) is 30.3 Å². The van der Waals surface area contributed by atoms with E-state index in [4.69, 9.17) is 10.5 Å². The fourth-order valence-corrected chi connectivity index (χ4v) is 1.20. The van der Waals surface area contributed by atoms with Crippen LogP contribution < -0.4 is 11.1 Å². The molecule has 0 aliphatic heterocycles. The van der Waals surface area contributed by atoms with Crippen LogP contribution in [0.5, 0.6) is 0 Å². The molecule has 4 nitrogen and oxygen atoms in total. The van der Waals surface area contributed by atoms with Crippen molar-refractivity contribution in [2.75, 3.05) is 20.3 Å². The van der Waals surface area contributed by atoms with Crippen molar-refractivity contribution in [3.63, 3.8) is 0 Å². The van der Waals surface area contributed by atoms with Gasteiger partial charge in [0.05, 0.1) is 6.61 Å². The zero-order chi connectivity index (χ0) is 11.1. The Morgan fingerprint density at radius 1 is 1.44 bits per heavy atom. The minimum absolute atomic E-state index is 0. The van der Waals surface area contributed by atoms with E-state index < -0.39 is 6.04 Å². The predicted molar refractivity (Wildman–Crippen MR) is 65.5 cm³/mol. The molecule has 0 fully saturated rings. The van der Waals surface area contributed by atoms with Gasteiger partial charge in [-0.25, -0.2) is 0 Å². The number of hydrogen-bond acceptors (Lipinski definition) is 3. The molecule has 1 rings (SSSR count). The summed E-state index contributed by atoms with van der Waals surface area (Å²) in [5.74, 6) is -0.182. The second kappa shape index (κ2) is 8.10. The number of benzene rings is 1. The van der Waals surface area contributed by atoms with Crippen molar-refractivity contribution in [2.45, 2.75) is 6.04 Å². The number of nitrogens with two attached hydrogens (primary N) is 1. The lowest BCUT2D eigenvalue weighted by Crippen LogP contribution is -2.35. The summed E-state index contributed by atoms with van der Waals surface area (Å²) in [6.45, 7) is 0.975. The third-order valence-corrected chi connectivity index (χ3v) is 2.05. The first-order chi connectivity index (χ1) is 7.25. The number of rotatable bonds is 5. The number of carbonyl (C=O) groups excluding carboxylic acids is 1. The smallest absolute Gasteiger partial charge is 0.241 e. The molecule has 5 heteroatoms. The maximum absolute atomic E-state index is 11.5. The zero-order valence-corrected chi connectivity index (χ0v) is 10.00. The van der Waals surface area contributed by atoms with E-state index in [0.717, 1.165) is 5.56 Å². The lowest BCUT2D eigenvalue weighted by molar-refractivity contribution is -0.122. The average molecular weight is 245 g/mol. The van der Waals surface area contributed by atoms with E-state index in [1.165, 1.54) is 0 Å². The van der Waals surface area contributed by atoms with Gasteiger partial charge >= 0.3 is 0 Å². The molecule has 1 unspecified atom stereocenters. The second-order valence-electron chi connectivity index (χ2n) is 3.17. The largest absolute Gasteiger partial charge is 0.383 e. The number of hydrogen-bond donors (Lipinski definition) is 2. The first kappa shape index (κ1) is 14.9. The van der Waals surface area contributed by atoms with Crippen LogP contribution in [0, 0.1) is 0 Å². The van der Waals surface area contributed by atoms with E-state index in [-0.39, 0.29) is 18.3 Å². The highest BCUT2D eigenvalue weighted by Gasteiger charge is 2.13. The highest BCUT2D eigenvalue weighted by atomic mass is 35.5. The summed E-state index contributed by atoms with van der Waals surface area (Å²) in [5.41, 5.74) is 6.58. The van der Waals surface area contributed by atoms with Gasteiger partial charge < -0.3 is 15.8 Å². The summed E-state index contributed by atoms with van der Waals surface area (Å²) in [7, 11) is 1.59. The minimum Gasteiger partial charge on any atom is -0.383 e. The molecule has 0 bridgehead atoms. The number of carbonyl (C=O) groups is 1. The molecule has 0 saturated heterocycles. The molecule has 0 saturated carbocycles. The molecule has 0 heterocycles. The van der Waals surface area contributed by atoms with Gasteiger partial charge in [-0.2, -0.15) is 0 Å². The molecular weight excluding hydrogens is 228 g/mol. The summed E-state index contributed by atoms with van der Waals surface area (Å²) in [4.78, 5) is 11.5. The molecule has 3 N–H and O–H groups in total. The Morgan fingerprint density at radius 2 is 2.06 bits per heavy atom. The van der Waals surface area contributed by atoms with Crippen LogP contribution in [0.2, 0.25) is 0 Å². The quantitative estimate of drug-likeness (QED) is 0.756. The van der Waals surface area contributed by atoms with Crippen LogP contribution in [0.25, 0.3) is 0 Å². The summed E-state index contributed by atoms with van der Waals surface area (Å²) >= 11 is 0. The first-order valence-corrected chi connectivity index (χ1v) is 4.83. The van der Waals surface area contributed by atoms with Crippen molar-refractivity contribution >= 4 is 18.3 Å². The highest BCUT2D eigenvalue weighted by molar-refractivity contribution is 5.85. The molecule has 0 aliphatic rings. The topological polar surface area (TPSA) is 64.3 Å². The van der Waals surface area contributed by atoms with Gasteiger partial charge in [-0.15, -0.1) is 12.4 Å². The van der Waals surface area contributed by atoms with Crippen LogP contribution in [0.4, 0.5) is 0 Å². The van der Waals surface area contributed by atoms with Crippen molar-refractivity contribution in [1.82, 2.24) is 5.32 Å². The van der Waals surface area contributed by atoms with Gasteiger partial charge in [-0.3, -0.25) is 4.79 Å². The van der Waals surface area contributed by atoms with Gasteiger partial charge in [0.25, 0.3) is 0 Å². The number of halogens is 1. The van der Waals surface area contributed by atoms with Crippen molar-refractivity contribution in [3.05, 3.63) is 35.9 Å². The Labute approximate surface area is 102 Å². The Hall–Kier alpha value is -1.10. The van der Waals surface area contributed by atoms with Crippen LogP contribution in [0.15, 0.2) is 30.3 Å². The predicted octanol–water partition coefficient (Wildman–Crippen LogP) is 0.871. The maximum atomic E-state index is 11.5. The van der Waals surface area contributed by atoms with Crippen LogP contribution in [0.3, 0.4) is 0 Å². The molecule has 0 spiro atoms. The molecule has 0 aliphatic carbocycles. The number of nitrogens with one attached hydrogen (secondary N) is 1. The van der Waals surface area contributed by atoms with E-state index in [0.29, 0.717) is 13.2 Å². The Bertz CT molecular complexity index is 306. The lowest BCUT2D eigenvalue weighted by atomic mass is 10.1. The standard InChI is InChI=1S/C11H16N2O2.ClH/c1-15-8-7-13-11(14)10(12)9-5-3-2-4-6-9;/h2-6,10H,7-8,12H2,1H3,(H,13,14);1H. The van der Waals surface area contributed by atoms with E-state index >= 15 is 0 Å². The summed E-state index contributed by atoms with van der Waals surface area (Å²) in [5, 5.41) is 2.69. The summed E-state index contributed by atoms with van der Waals surface area (Å²) < 4.78 is 4.82. The molecule has 1 amide bonds. The molecule has 16 heavy (non-hydrogen) atoms. The summed E-state index contributed by atoms with van der Waals surface area (Å²) in [6.07, 6.45) is 0. The third kappa shape index (κ3) is 4.61. The zero-order valence-electron chi connectivity index (χ0n) is 9.18. The van der Waals surface area contributed by atoms with Crippen LogP contribution in [-0.2, 0) is 9.53 Å². The molecule has 0 aromatic heterocycles. The minimum atomic E-state index is -0.608. The molecular formula is C11H17ClN2O2. The Balaban J connectivity index is 0.00000225. The van der Waals surface area contributed by atoms with Crippen LogP contribution >= 0.6 is 12.4 Å². The first-order valence-electron chi connectivity index (χ1n) is 4.83. The number of ether oxygens (including phenoxy) is 1. The van der Waals surface area contributed by atoms with Gasteiger partial charge in [-0.1, -0.05) is 30.3 Å². The molecule has 1 atom stereocenters. The van der Waals surface area contributed by atoms with Crippen molar-refractivity contribution < 1.29 is 9.53 Å². The third-order valence-electron chi connectivity index (χ3n) is 2.05. The van der Waals surface area contributed by atoms with E-state index in [2.05, 4.69) is 5.32 Å². The second-order valence-corrected chi connectivity index (χ2v) is 3.17. The Kier molecular flexibility index (Phi) is 7.54. The van der Waals surface area contributed by atoms with Crippen molar-refractivity contribution in [2.24, 2.45) is 5.73 Å². The van der Waals surface area contributed by atoms with Gasteiger partial charge in [0.15, 0.2) is 0 Å². The SMILES string of the molecule is COCCNC(=O)C(N)c1ccccc1.Cl. The van der Waals surface area contributed by atoms with Gasteiger partial charge in [-0.05, 0) is 5.56 Å². The lowest BCUT2D eigenvalue weighted by Gasteiger charge is -2.11. The molecule has 90 valence electrons. The van der Waals surface area contributed by atoms with Crippen LogP contribution in [0.1, 0.15) is 11.6 Å². The summed E-state index contributed by atoms with van der Waals surface area (Å²) in [6, 6.07) is 8.66. The van der Waals surface area contributed by atoms with Gasteiger partial charge in [0.1, 0.15) is 6.04 Å². The number of amides is 1. The van der Waals surface area contributed by atoms with Crippen molar-refractivity contribution in [1.29, 1.82) is 0 Å². The van der Waals surface area contributed by atoms with Gasteiger partial charge in [0.2, 0.25) is 5.91 Å². The highest BCUT2D eigenvalue weighted by Crippen LogP contribution is 2.08. The Morgan fingerprint density at radius 3 is 2.62 bits per heavy atom. The monoisotopic (exact) mass is 244 g/mol. The fraction of sp³-hybridized carbons (Fsp3) is 0.364. The van der Waals surface area contributed by atoms with Gasteiger partial charge in [0, 0.05) is 13.7 Å².